The summed E-state index contributed by atoms with van der Waals surface area (Å²) in [6.07, 6.45) is 0.210. The molecule has 166 valence electrons. The van der Waals surface area contributed by atoms with Gasteiger partial charge in [-0.3, -0.25) is 9.59 Å². The summed E-state index contributed by atoms with van der Waals surface area (Å²) < 4.78 is 12.4. The van der Waals surface area contributed by atoms with Crippen LogP contribution in [0.25, 0.3) is 0 Å². The molecule has 2 N–H and O–H groups in total. The van der Waals surface area contributed by atoms with Gasteiger partial charge in [-0.1, -0.05) is 46.3 Å². The summed E-state index contributed by atoms with van der Waals surface area (Å²) in [5.41, 5.74) is 2.35. The molecule has 0 bridgehead atoms. The molecule has 32 heavy (non-hydrogen) atoms. The van der Waals surface area contributed by atoms with Gasteiger partial charge in [0, 0.05) is 22.2 Å². The Morgan fingerprint density at radius 1 is 0.812 bits per heavy atom. The lowest BCUT2D eigenvalue weighted by Crippen LogP contribution is -2.17. The summed E-state index contributed by atoms with van der Waals surface area (Å²) in [4.78, 5) is 25.3. The molecule has 7 heteroatoms. The van der Waals surface area contributed by atoms with E-state index < -0.39 is 0 Å². The van der Waals surface area contributed by atoms with Crippen LogP contribution in [-0.2, 0) is 11.2 Å². The standard InChI is InChI=1S/C25H25BrN2O4/c1-3-31-22-16-21(28-25(30)18-10-6-5-7-11-18)23(32-4-2)15-20(22)27-24(29)14-17-9-8-12-19(26)13-17/h5-13,15-16H,3-4,14H2,1-2H3,(H,27,29)(H,28,30). The number of amides is 2. The van der Waals surface area contributed by atoms with E-state index in [2.05, 4.69) is 26.6 Å². The molecule has 0 aliphatic rings. The maximum Gasteiger partial charge on any atom is 0.255 e. The molecular weight excluding hydrogens is 472 g/mol. The molecule has 0 aliphatic carbocycles. The lowest BCUT2D eigenvalue weighted by molar-refractivity contribution is -0.115. The Morgan fingerprint density at radius 2 is 1.44 bits per heavy atom. The van der Waals surface area contributed by atoms with E-state index in [4.69, 9.17) is 9.47 Å². The predicted molar refractivity (Wildman–Crippen MR) is 130 cm³/mol. The van der Waals surface area contributed by atoms with E-state index >= 15 is 0 Å². The maximum absolute atomic E-state index is 12.7. The number of halogens is 1. The van der Waals surface area contributed by atoms with Crippen LogP contribution < -0.4 is 20.1 Å². The minimum atomic E-state index is -0.263. The molecule has 2 amide bonds. The average molecular weight is 497 g/mol. The van der Waals surface area contributed by atoms with Crippen molar-refractivity contribution in [3.63, 3.8) is 0 Å². The number of anilines is 2. The third-order valence-electron chi connectivity index (χ3n) is 4.49. The average Bonchev–Trinajstić information content (AvgIpc) is 2.77. The Morgan fingerprint density at radius 3 is 2.03 bits per heavy atom. The van der Waals surface area contributed by atoms with Gasteiger partial charge in [0.2, 0.25) is 5.91 Å². The van der Waals surface area contributed by atoms with Crippen LogP contribution in [0, 0.1) is 0 Å². The topological polar surface area (TPSA) is 76.7 Å². The molecular formula is C25H25BrN2O4. The highest BCUT2D eigenvalue weighted by Crippen LogP contribution is 2.37. The predicted octanol–water partition coefficient (Wildman–Crippen LogP) is 5.68. The van der Waals surface area contributed by atoms with E-state index in [9.17, 15) is 9.59 Å². The first-order chi connectivity index (χ1) is 15.5. The zero-order chi connectivity index (χ0) is 22.9. The van der Waals surface area contributed by atoms with Gasteiger partial charge < -0.3 is 20.1 Å². The van der Waals surface area contributed by atoms with Crippen LogP contribution in [0.2, 0.25) is 0 Å². The van der Waals surface area contributed by atoms with Crippen molar-refractivity contribution in [2.75, 3.05) is 23.8 Å². The Kier molecular flexibility index (Phi) is 8.27. The van der Waals surface area contributed by atoms with Gasteiger partial charge >= 0.3 is 0 Å². The van der Waals surface area contributed by atoms with Crippen molar-refractivity contribution in [2.45, 2.75) is 20.3 Å². The van der Waals surface area contributed by atoms with Gasteiger partial charge in [-0.05, 0) is 43.7 Å². The fourth-order valence-electron chi connectivity index (χ4n) is 3.12. The molecule has 0 atom stereocenters. The van der Waals surface area contributed by atoms with Crippen molar-refractivity contribution in [3.8, 4) is 11.5 Å². The number of rotatable bonds is 9. The Hall–Kier alpha value is -3.32. The maximum atomic E-state index is 12.7. The Balaban J connectivity index is 1.86. The molecule has 0 heterocycles. The van der Waals surface area contributed by atoms with Crippen molar-refractivity contribution in [3.05, 3.63) is 82.3 Å². The summed E-state index contributed by atoms with van der Waals surface area (Å²) in [5.74, 6) is 0.438. The molecule has 3 aromatic rings. The summed E-state index contributed by atoms with van der Waals surface area (Å²) >= 11 is 3.42. The van der Waals surface area contributed by atoms with E-state index in [0.29, 0.717) is 41.7 Å². The molecule has 3 aromatic carbocycles. The van der Waals surface area contributed by atoms with Crippen molar-refractivity contribution >= 4 is 39.1 Å². The molecule has 3 rings (SSSR count). The first-order valence-corrected chi connectivity index (χ1v) is 11.1. The molecule has 0 saturated heterocycles. The molecule has 0 aliphatic heterocycles. The van der Waals surface area contributed by atoms with E-state index in [1.807, 2.05) is 44.2 Å². The summed E-state index contributed by atoms with van der Waals surface area (Å²) in [6.45, 7) is 4.50. The number of hydrogen-bond acceptors (Lipinski definition) is 4. The second-order valence-corrected chi connectivity index (χ2v) is 7.80. The number of ether oxygens (including phenoxy) is 2. The van der Waals surface area contributed by atoms with E-state index in [1.165, 1.54) is 0 Å². The fraction of sp³-hybridized carbons (Fsp3) is 0.200. The van der Waals surface area contributed by atoms with Gasteiger partial charge in [0.1, 0.15) is 11.5 Å². The molecule has 0 fully saturated rings. The molecule has 0 radical (unpaired) electrons. The Labute approximate surface area is 196 Å². The van der Waals surface area contributed by atoms with Crippen LogP contribution in [0.5, 0.6) is 11.5 Å². The molecule has 0 spiro atoms. The van der Waals surface area contributed by atoms with Crippen molar-refractivity contribution in [1.29, 1.82) is 0 Å². The minimum absolute atomic E-state index is 0.187. The number of carbonyl (C=O) groups is 2. The van der Waals surface area contributed by atoms with Crippen molar-refractivity contribution in [1.82, 2.24) is 0 Å². The van der Waals surface area contributed by atoms with Gasteiger partial charge in [0.05, 0.1) is 31.0 Å². The summed E-state index contributed by atoms with van der Waals surface area (Å²) in [6, 6.07) is 19.8. The van der Waals surface area contributed by atoms with Gasteiger partial charge in [0.25, 0.3) is 5.91 Å². The monoisotopic (exact) mass is 496 g/mol. The second-order valence-electron chi connectivity index (χ2n) is 6.89. The van der Waals surface area contributed by atoms with Crippen LogP contribution in [-0.4, -0.2) is 25.0 Å². The lowest BCUT2D eigenvalue weighted by atomic mass is 10.1. The summed E-state index contributed by atoms with van der Waals surface area (Å²) in [5, 5.41) is 5.78. The molecule has 6 nitrogen and oxygen atoms in total. The van der Waals surface area contributed by atoms with E-state index in [0.717, 1.165) is 10.0 Å². The highest BCUT2D eigenvalue weighted by molar-refractivity contribution is 9.10. The molecule has 0 saturated carbocycles. The highest BCUT2D eigenvalue weighted by atomic mass is 79.9. The third-order valence-corrected chi connectivity index (χ3v) is 4.99. The zero-order valence-corrected chi connectivity index (χ0v) is 19.6. The van der Waals surface area contributed by atoms with Crippen LogP contribution in [0.15, 0.2) is 71.2 Å². The largest absolute Gasteiger partial charge is 0.492 e. The number of benzene rings is 3. The van der Waals surface area contributed by atoms with Gasteiger partial charge in [-0.25, -0.2) is 0 Å². The highest BCUT2D eigenvalue weighted by Gasteiger charge is 2.17. The number of hydrogen-bond donors (Lipinski definition) is 2. The SMILES string of the molecule is CCOc1cc(NC(=O)c2ccccc2)c(OCC)cc1NC(=O)Cc1cccc(Br)c1. The van der Waals surface area contributed by atoms with Crippen molar-refractivity contribution < 1.29 is 19.1 Å². The van der Waals surface area contributed by atoms with Gasteiger partial charge in [0.15, 0.2) is 0 Å². The van der Waals surface area contributed by atoms with Crippen LogP contribution in [0.1, 0.15) is 29.8 Å². The quantitative estimate of drug-likeness (QED) is 0.399. The van der Waals surface area contributed by atoms with E-state index in [-0.39, 0.29) is 18.2 Å². The first-order valence-electron chi connectivity index (χ1n) is 10.3. The lowest BCUT2D eigenvalue weighted by Gasteiger charge is -2.18. The number of carbonyl (C=O) groups excluding carboxylic acids is 2. The minimum Gasteiger partial charge on any atom is -0.492 e. The smallest absolute Gasteiger partial charge is 0.255 e. The van der Waals surface area contributed by atoms with Crippen molar-refractivity contribution in [2.24, 2.45) is 0 Å². The first kappa shape index (κ1) is 23.3. The van der Waals surface area contributed by atoms with Gasteiger partial charge in [-0.15, -0.1) is 0 Å². The van der Waals surface area contributed by atoms with Gasteiger partial charge in [-0.2, -0.15) is 0 Å². The number of nitrogens with one attached hydrogen (secondary N) is 2. The molecule has 0 unspecified atom stereocenters. The van der Waals surface area contributed by atoms with E-state index in [1.54, 1.807) is 36.4 Å². The third kappa shape index (κ3) is 6.34. The normalized spacial score (nSPS) is 10.3. The Bertz CT molecular complexity index is 1090. The zero-order valence-electron chi connectivity index (χ0n) is 18.0. The van der Waals surface area contributed by atoms with Crippen LogP contribution in [0.4, 0.5) is 11.4 Å². The summed E-state index contributed by atoms with van der Waals surface area (Å²) in [7, 11) is 0. The van der Waals surface area contributed by atoms with Crippen LogP contribution in [0.3, 0.4) is 0 Å². The molecule has 0 aromatic heterocycles. The second kappa shape index (κ2) is 11.3. The van der Waals surface area contributed by atoms with Crippen LogP contribution >= 0.6 is 15.9 Å². The fourth-order valence-corrected chi connectivity index (χ4v) is 3.56.